The van der Waals surface area contributed by atoms with E-state index in [0.29, 0.717) is 23.6 Å². The minimum absolute atomic E-state index is 0.0440. The molecule has 4 rings (SSSR count). The predicted molar refractivity (Wildman–Crippen MR) is 194 cm³/mol. The van der Waals surface area contributed by atoms with Gasteiger partial charge in [0.25, 0.3) is 0 Å². The second-order valence-electron chi connectivity index (χ2n) is 13.6. The standard InChI is InChI=1S/C36H50ClN3O10S/c1-20-11-10-12-27(47-8)36(45)19-26(48-34(44)38-36)21(2)32-35(4,50-32)28(49-33(43)22(3)39(5)29(41)13-14-51-9)18-30(42)40(6)24-16-23(15-20)17-25(46-7)31(24)37/h10-12,16-17,21-22,26-28,32,45H,13-15,18-19H2,1-9H3,(H,38,44)/b12-10-,20-11-/t21-,22+,26+,27-,28+,32+,35+,36+/m1/s1. The third-order valence-corrected chi connectivity index (χ3v) is 11.0. The van der Waals surface area contributed by atoms with Crippen molar-refractivity contribution in [3.8, 4) is 5.75 Å². The lowest BCUT2D eigenvalue weighted by Gasteiger charge is -2.42. The van der Waals surface area contributed by atoms with E-state index in [1.54, 1.807) is 52.1 Å². The molecule has 0 spiro atoms. The second-order valence-corrected chi connectivity index (χ2v) is 15.0. The van der Waals surface area contributed by atoms with E-state index in [0.717, 1.165) is 11.1 Å². The van der Waals surface area contributed by atoms with Crippen molar-refractivity contribution in [2.24, 2.45) is 5.92 Å². The quantitative estimate of drug-likeness (QED) is 0.289. The molecule has 0 aromatic heterocycles. The SMILES string of the molecule is COc1cc2cc(c1Cl)N(C)C(=O)C[C@H](OC(=O)[C@H](C)N(C)C(=O)CCSC)[C@]1(C)O[C@H]1[C@H](C)[C@@H]1C[C@@](O)(NC(=O)O1)[C@H](OC)/C=C\C=C(\C)C2. The number of likely N-dealkylation sites (N-methyl/N-ethyl adjacent to an activating group) is 1. The minimum Gasteiger partial charge on any atom is -0.495 e. The van der Waals surface area contributed by atoms with Crippen LogP contribution in [0.25, 0.3) is 0 Å². The average molecular weight is 752 g/mol. The molecule has 0 radical (unpaired) electrons. The summed E-state index contributed by atoms with van der Waals surface area (Å²) in [5.74, 6) is -0.896. The number of nitrogens with one attached hydrogen (secondary N) is 1. The maximum atomic E-state index is 14.1. The molecule has 0 unspecified atom stereocenters. The average Bonchev–Trinajstić information content (AvgIpc) is 3.79. The number of aliphatic hydroxyl groups is 1. The van der Waals surface area contributed by atoms with E-state index in [2.05, 4.69) is 5.32 Å². The number of halogens is 1. The van der Waals surface area contributed by atoms with Crippen LogP contribution in [-0.4, -0.2) is 116 Å². The molecule has 0 aliphatic carbocycles. The summed E-state index contributed by atoms with van der Waals surface area (Å²) in [5, 5.41) is 14.4. The number of rotatable bonds is 8. The van der Waals surface area contributed by atoms with E-state index in [-0.39, 0.29) is 30.2 Å². The monoisotopic (exact) mass is 751 g/mol. The largest absolute Gasteiger partial charge is 0.495 e. The van der Waals surface area contributed by atoms with Crippen LogP contribution in [0.4, 0.5) is 10.5 Å². The number of alkyl carbamates (subject to hydrolysis) is 1. The number of methoxy groups -OCH3 is 2. The summed E-state index contributed by atoms with van der Waals surface area (Å²) >= 11 is 8.27. The van der Waals surface area contributed by atoms with Crippen molar-refractivity contribution < 1.29 is 48.0 Å². The van der Waals surface area contributed by atoms with Crippen LogP contribution in [0.3, 0.4) is 0 Å². The van der Waals surface area contributed by atoms with Gasteiger partial charge in [0.15, 0.2) is 5.72 Å². The Hall–Kier alpha value is -3.30. The van der Waals surface area contributed by atoms with Crippen molar-refractivity contribution in [2.75, 3.05) is 45.2 Å². The Kier molecular flexibility index (Phi) is 13.2. The molecule has 15 heteroatoms. The number of hydrogen-bond donors (Lipinski definition) is 2. The van der Waals surface area contributed by atoms with E-state index in [9.17, 15) is 24.3 Å². The molecule has 2 saturated heterocycles. The van der Waals surface area contributed by atoms with Gasteiger partial charge in [-0.3, -0.25) is 14.9 Å². The molecular formula is C36H50ClN3O10S. The summed E-state index contributed by atoms with van der Waals surface area (Å²) in [4.78, 5) is 56.0. The molecule has 0 saturated carbocycles. The molecule has 2 fully saturated rings. The number of nitrogens with zero attached hydrogens (tertiary/aromatic N) is 2. The highest BCUT2D eigenvalue weighted by Crippen LogP contribution is 2.49. The summed E-state index contributed by atoms with van der Waals surface area (Å²) in [6, 6.07) is 2.64. The Morgan fingerprint density at radius 2 is 1.98 bits per heavy atom. The Morgan fingerprint density at radius 1 is 1.27 bits per heavy atom. The van der Waals surface area contributed by atoms with Gasteiger partial charge < -0.3 is 38.6 Å². The fourth-order valence-electron chi connectivity index (χ4n) is 6.58. The summed E-state index contributed by atoms with van der Waals surface area (Å²) < 4.78 is 29.1. The van der Waals surface area contributed by atoms with Gasteiger partial charge in [-0.25, -0.2) is 9.59 Å². The number of hydrogen-bond acceptors (Lipinski definition) is 11. The Morgan fingerprint density at radius 3 is 2.63 bits per heavy atom. The van der Waals surface area contributed by atoms with Gasteiger partial charge in [0.05, 0.1) is 25.3 Å². The van der Waals surface area contributed by atoms with Crippen molar-refractivity contribution in [1.29, 1.82) is 0 Å². The van der Waals surface area contributed by atoms with Crippen molar-refractivity contribution in [2.45, 2.75) is 95.2 Å². The van der Waals surface area contributed by atoms with Gasteiger partial charge in [0, 0.05) is 45.7 Å². The van der Waals surface area contributed by atoms with Crippen LogP contribution in [0.1, 0.15) is 52.5 Å². The minimum atomic E-state index is -1.82. The number of anilines is 1. The highest BCUT2D eigenvalue weighted by Gasteiger charge is 2.64. The van der Waals surface area contributed by atoms with Gasteiger partial charge in [0.2, 0.25) is 11.8 Å². The van der Waals surface area contributed by atoms with Gasteiger partial charge in [0.1, 0.15) is 40.7 Å². The number of benzene rings is 1. The van der Waals surface area contributed by atoms with Crippen LogP contribution in [0.15, 0.2) is 35.9 Å². The van der Waals surface area contributed by atoms with Gasteiger partial charge in [-0.1, -0.05) is 42.3 Å². The van der Waals surface area contributed by atoms with Crippen LogP contribution in [0.5, 0.6) is 5.75 Å². The molecule has 3 heterocycles. The van der Waals surface area contributed by atoms with Gasteiger partial charge in [-0.2, -0.15) is 11.8 Å². The number of allylic oxidation sites excluding steroid dienone is 3. The van der Waals surface area contributed by atoms with Crippen LogP contribution >= 0.6 is 23.4 Å². The fraction of sp³-hybridized carbons (Fsp3) is 0.611. The van der Waals surface area contributed by atoms with Crippen LogP contribution in [-0.2, 0) is 39.8 Å². The Labute approximate surface area is 308 Å². The highest BCUT2D eigenvalue weighted by molar-refractivity contribution is 7.98. The molecular weight excluding hydrogens is 702 g/mol. The van der Waals surface area contributed by atoms with Gasteiger partial charge >= 0.3 is 12.1 Å². The fourth-order valence-corrected chi connectivity index (χ4v) is 7.28. The summed E-state index contributed by atoms with van der Waals surface area (Å²) in [6.45, 7) is 7.02. The molecule has 8 atom stereocenters. The first-order chi connectivity index (χ1) is 24.0. The lowest BCUT2D eigenvalue weighted by Crippen LogP contribution is -2.63. The molecule has 1 aromatic rings. The zero-order valence-corrected chi connectivity index (χ0v) is 32.3. The predicted octanol–water partition coefficient (Wildman–Crippen LogP) is 4.27. The van der Waals surface area contributed by atoms with E-state index < -0.39 is 65.7 Å². The zero-order chi connectivity index (χ0) is 37.8. The van der Waals surface area contributed by atoms with E-state index in [1.807, 2.05) is 19.3 Å². The number of esters is 1. The molecule has 3 aliphatic rings. The van der Waals surface area contributed by atoms with Gasteiger partial charge in [-0.05, 0) is 51.1 Å². The van der Waals surface area contributed by atoms with Crippen molar-refractivity contribution in [3.05, 3.63) is 46.5 Å². The molecule has 1 aromatic carbocycles. The molecule has 2 N–H and O–H groups in total. The number of thioether (sulfide) groups is 1. The maximum Gasteiger partial charge on any atom is 0.409 e. The zero-order valence-electron chi connectivity index (χ0n) is 30.7. The summed E-state index contributed by atoms with van der Waals surface area (Å²) in [5.41, 5.74) is -0.877. The number of ether oxygens (including phenoxy) is 5. The smallest absolute Gasteiger partial charge is 0.409 e. The van der Waals surface area contributed by atoms with E-state index in [1.165, 1.54) is 42.8 Å². The molecule has 13 nitrogen and oxygen atoms in total. The lowest BCUT2D eigenvalue weighted by molar-refractivity contribution is -0.161. The normalized spacial score (nSPS) is 31.9. The van der Waals surface area contributed by atoms with Crippen LogP contribution in [0, 0.1) is 5.92 Å². The summed E-state index contributed by atoms with van der Waals surface area (Å²) in [6.07, 6.45) is 3.16. The highest BCUT2D eigenvalue weighted by atomic mass is 35.5. The topological polar surface area (TPSA) is 156 Å². The maximum absolute atomic E-state index is 14.1. The number of epoxide rings is 1. The molecule has 51 heavy (non-hydrogen) atoms. The van der Waals surface area contributed by atoms with Crippen molar-refractivity contribution in [3.63, 3.8) is 0 Å². The lowest BCUT2D eigenvalue weighted by atomic mass is 9.83. The Bertz CT molecular complexity index is 1560. The third-order valence-electron chi connectivity index (χ3n) is 10.0. The first-order valence-corrected chi connectivity index (χ1v) is 18.6. The van der Waals surface area contributed by atoms with Crippen molar-refractivity contribution in [1.82, 2.24) is 10.2 Å². The van der Waals surface area contributed by atoms with E-state index in [4.69, 9.17) is 35.3 Å². The van der Waals surface area contributed by atoms with Crippen molar-refractivity contribution >= 4 is 52.9 Å². The number of amides is 3. The molecule has 4 bridgehead atoms. The number of carbonyl (C=O) groups excluding carboxylic acids is 4. The molecule has 3 amide bonds. The van der Waals surface area contributed by atoms with Crippen LogP contribution < -0.4 is 15.0 Å². The van der Waals surface area contributed by atoms with Crippen LogP contribution in [0.2, 0.25) is 5.02 Å². The number of fused-ring (bicyclic) bond motifs is 5. The molecule has 3 aliphatic heterocycles. The third kappa shape index (κ3) is 9.02. The summed E-state index contributed by atoms with van der Waals surface area (Å²) in [7, 11) is 6.04. The first-order valence-electron chi connectivity index (χ1n) is 16.8. The molecule has 282 valence electrons. The second kappa shape index (κ2) is 16.6. The van der Waals surface area contributed by atoms with E-state index >= 15 is 0 Å². The van der Waals surface area contributed by atoms with Gasteiger partial charge in [-0.15, -0.1) is 0 Å². The first kappa shape index (κ1) is 40.5. The Balaban J connectivity index is 1.76. The number of carbonyl (C=O) groups is 4.